The van der Waals surface area contributed by atoms with Crippen molar-refractivity contribution in [2.24, 2.45) is 4.99 Å². The molecule has 0 saturated carbocycles. The van der Waals surface area contributed by atoms with Crippen LogP contribution in [-0.4, -0.2) is 24.8 Å². The summed E-state index contributed by atoms with van der Waals surface area (Å²) in [7, 11) is 1.52. The standard InChI is InChI=1S/C26H19ClN2O3S/c1-3-14-32-24-21(27)15-18(16-22(24)31-2)17-23-25(30)29(20-12-8-5-9-13-20)26(33-23)28-19-10-6-4-7-11-19/h1,4-13,15-17H,14H2,2H3/b23-17+,28-26?. The number of ether oxygens (including phenoxy) is 2. The molecule has 0 radical (unpaired) electrons. The van der Waals surface area contributed by atoms with Gasteiger partial charge in [0.2, 0.25) is 0 Å². The molecule has 0 aromatic heterocycles. The van der Waals surface area contributed by atoms with E-state index >= 15 is 0 Å². The number of aliphatic imine (C=N–C) groups is 1. The highest BCUT2D eigenvalue weighted by molar-refractivity contribution is 8.19. The highest BCUT2D eigenvalue weighted by Gasteiger charge is 2.34. The van der Waals surface area contributed by atoms with Gasteiger partial charge in [0.15, 0.2) is 16.7 Å². The third-order valence-electron chi connectivity index (χ3n) is 4.65. The molecule has 1 aliphatic heterocycles. The molecule has 7 heteroatoms. The molecule has 0 atom stereocenters. The quantitative estimate of drug-likeness (QED) is 0.316. The minimum Gasteiger partial charge on any atom is -0.493 e. The molecule has 0 unspecified atom stereocenters. The molecule has 1 aliphatic rings. The lowest BCUT2D eigenvalue weighted by Gasteiger charge is -2.15. The van der Waals surface area contributed by atoms with Crippen LogP contribution in [0.4, 0.5) is 11.4 Å². The maximum absolute atomic E-state index is 13.4. The Bertz CT molecular complexity index is 1270. The fourth-order valence-corrected chi connectivity index (χ4v) is 4.47. The molecule has 5 nitrogen and oxygen atoms in total. The van der Waals surface area contributed by atoms with E-state index in [-0.39, 0.29) is 12.5 Å². The topological polar surface area (TPSA) is 51.1 Å². The number of carbonyl (C=O) groups excluding carboxylic acids is 1. The Balaban J connectivity index is 1.74. The summed E-state index contributed by atoms with van der Waals surface area (Å²) in [5, 5.41) is 0.903. The van der Waals surface area contributed by atoms with Gasteiger partial charge in [-0.05, 0) is 59.8 Å². The summed E-state index contributed by atoms with van der Waals surface area (Å²) in [6, 6.07) is 22.4. The first-order valence-corrected chi connectivity index (χ1v) is 11.2. The van der Waals surface area contributed by atoms with Crippen molar-refractivity contribution in [2.45, 2.75) is 0 Å². The van der Waals surface area contributed by atoms with Gasteiger partial charge in [0.1, 0.15) is 6.61 Å². The van der Waals surface area contributed by atoms with Crippen LogP contribution in [0.5, 0.6) is 11.5 Å². The minimum absolute atomic E-state index is 0.0657. The summed E-state index contributed by atoms with van der Waals surface area (Å²) in [5.41, 5.74) is 2.19. The second-order valence-electron chi connectivity index (χ2n) is 6.84. The fourth-order valence-electron chi connectivity index (χ4n) is 3.19. The summed E-state index contributed by atoms with van der Waals surface area (Å²) in [4.78, 5) is 20.2. The number of methoxy groups -OCH3 is 1. The number of nitrogens with zero attached hydrogens (tertiary/aromatic N) is 2. The molecular weight excluding hydrogens is 456 g/mol. The summed E-state index contributed by atoms with van der Waals surface area (Å²) in [6.45, 7) is 0.0657. The van der Waals surface area contributed by atoms with E-state index in [0.29, 0.717) is 32.2 Å². The van der Waals surface area contributed by atoms with Crippen LogP contribution in [0, 0.1) is 12.3 Å². The monoisotopic (exact) mass is 474 g/mol. The minimum atomic E-state index is -0.177. The first-order chi connectivity index (χ1) is 16.1. The van der Waals surface area contributed by atoms with Gasteiger partial charge in [-0.1, -0.05) is 53.9 Å². The van der Waals surface area contributed by atoms with Gasteiger partial charge < -0.3 is 9.47 Å². The molecule has 1 amide bonds. The van der Waals surface area contributed by atoms with Crippen molar-refractivity contribution < 1.29 is 14.3 Å². The van der Waals surface area contributed by atoms with E-state index in [9.17, 15) is 4.79 Å². The van der Waals surface area contributed by atoms with Crippen LogP contribution in [0.25, 0.3) is 6.08 Å². The average molecular weight is 475 g/mol. The van der Waals surface area contributed by atoms with Crippen molar-refractivity contribution in [1.29, 1.82) is 0 Å². The number of amidine groups is 1. The van der Waals surface area contributed by atoms with Crippen molar-refractivity contribution in [3.8, 4) is 23.8 Å². The van der Waals surface area contributed by atoms with Crippen LogP contribution in [0.2, 0.25) is 5.02 Å². The Morgan fingerprint density at radius 2 is 1.82 bits per heavy atom. The van der Waals surface area contributed by atoms with Crippen molar-refractivity contribution in [3.63, 3.8) is 0 Å². The van der Waals surface area contributed by atoms with Gasteiger partial charge in [0, 0.05) is 0 Å². The van der Waals surface area contributed by atoms with E-state index in [0.717, 1.165) is 11.4 Å². The van der Waals surface area contributed by atoms with Crippen molar-refractivity contribution >= 4 is 51.9 Å². The number of hydrogen-bond acceptors (Lipinski definition) is 5. The van der Waals surface area contributed by atoms with E-state index in [1.54, 1.807) is 23.1 Å². The number of amides is 1. The molecule has 1 heterocycles. The van der Waals surface area contributed by atoms with Gasteiger partial charge in [-0.15, -0.1) is 6.42 Å². The molecule has 0 spiro atoms. The van der Waals surface area contributed by atoms with Gasteiger partial charge in [0.25, 0.3) is 5.91 Å². The molecule has 3 aromatic carbocycles. The Morgan fingerprint density at radius 3 is 2.48 bits per heavy atom. The van der Waals surface area contributed by atoms with Crippen LogP contribution in [0.3, 0.4) is 0 Å². The summed E-state index contributed by atoms with van der Waals surface area (Å²) >= 11 is 7.70. The lowest BCUT2D eigenvalue weighted by atomic mass is 10.1. The largest absolute Gasteiger partial charge is 0.493 e. The third-order valence-corrected chi connectivity index (χ3v) is 5.90. The normalized spacial score (nSPS) is 15.7. The zero-order valence-corrected chi connectivity index (χ0v) is 19.3. The number of para-hydroxylation sites is 2. The van der Waals surface area contributed by atoms with Gasteiger partial charge >= 0.3 is 0 Å². The Morgan fingerprint density at radius 1 is 1.12 bits per heavy atom. The Kier molecular flexibility index (Phi) is 7.04. The molecule has 164 valence electrons. The number of halogens is 1. The highest BCUT2D eigenvalue weighted by Crippen LogP contribution is 2.40. The number of terminal acetylenes is 1. The second kappa shape index (κ2) is 10.3. The van der Waals surface area contributed by atoms with Gasteiger partial charge in [-0.2, -0.15) is 0 Å². The van der Waals surface area contributed by atoms with E-state index < -0.39 is 0 Å². The molecule has 33 heavy (non-hydrogen) atoms. The predicted octanol–water partition coefficient (Wildman–Crippen LogP) is 6.17. The lowest BCUT2D eigenvalue weighted by Crippen LogP contribution is -2.28. The van der Waals surface area contributed by atoms with Crippen LogP contribution in [0.15, 0.2) is 82.7 Å². The number of carbonyl (C=O) groups is 1. The first kappa shape index (κ1) is 22.5. The summed E-state index contributed by atoms with van der Waals surface area (Å²) in [6.07, 6.45) is 7.04. The zero-order chi connectivity index (χ0) is 23.2. The summed E-state index contributed by atoms with van der Waals surface area (Å²) < 4.78 is 10.9. The van der Waals surface area contributed by atoms with Crippen molar-refractivity contribution in [3.05, 3.63) is 88.3 Å². The predicted molar refractivity (Wildman–Crippen MR) is 135 cm³/mol. The van der Waals surface area contributed by atoms with Gasteiger partial charge in [-0.25, -0.2) is 4.99 Å². The first-order valence-electron chi connectivity index (χ1n) is 9.97. The van der Waals surface area contributed by atoms with Crippen LogP contribution < -0.4 is 14.4 Å². The third kappa shape index (κ3) is 5.06. The van der Waals surface area contributed by atoms with Crippen molar-refractivity contribution in [1.82, 2.24) is 0 Å². The van der Waals surface area contributed by atoms with Crippen LogP contribution in [-0.2, 0) is 4.79 Å². The molecule has 3 aromatic rings. The Labute approximate surface area is 201 Å². The van der Waals surface area contributed by atoms with Crippen LogP contribution >= 0.6 is 23.4 Å². The second-order valence-corrected chi connectivity index (χ2v) is 8.26. The summed E-state index contributed by atoms with van der Waals surface area (Å²) in [5.74, 6) is 3.02. The highest BCUT2D eigenvalue weighted by atomic mass is 35.5. The molecule has 4 rings (SSSR count). The van der Waals surface area contributed by atoms with E-state index in [4.69, 9.17) is 32.5 Å². The van der Waals surface area contributed by atoms with E-state index in [2.05, 4.69) is 5.92 Å². The van der Waals surface area contributed by atoms with E-state index in [1.807, 2.05) is 60.7 Å². The average Bonchev–Trinajstić information content (AvgIpc) is 3.13. The van der Waals surface area contributed by atoms with E-state index in [1.165, 1.54) is 18.9 Å². The van der Waals surface area contributed by atoms with Gasteiger partial charge in [0.05, 0.1) is 28.4 Å². The van der Waals surface area contributed by atoms with Crippen LogP contribution in [0.1, 0.15) is 5.56 Å². The smallest absolute Gasteiger partial charge is 0.271 e. The lowest BCUT2D eigenvalue weighted by molar-refractivity contribution is -0.113. The number of rotatable bonds is 6. The number of anilines is 1. The number of benzene rings is 3. The van der Waals surface area contributed by atoms with Gasteiger partial charge in [-0.3, -0.25) is 9.69 Å². The maximum Gasteiger partial charge on any atom is 0.271 e. The zero-order valence-electron chi connectivity index (χ0n) is 17.7. The molecule has 1 fully saturated rings. The molecule has 0 aliphatic carbocycles. The maximum atomic E-state index is 13.4. The molecule has 0 bridgehead atoms. The molecular formula is C26H19ClN2O3S. The molecule has 0 N–H and O–H groups in total. The van der Waals surface area contributed by atoms with Crippen molar-refractivity contribution in [2.75, 3.05) is 18.6 Å². The SMILES string of the molecule is C#CCOc1c(Cl)cc(/C=C2/SC(=Nc3ccccc3)N(c3ccccc3)C2=O)cc1OC. The molecule has 1 saturated heterocycles. The number of thioether (sulfide) groups is 1. The Hall–Kier alpha value is -3.66. The number of hydrogen-bond donors (Lipinski definition) is 0. The fraction of sp³-hybridized carbons (Fsp3) is 0.0769.